The van der Waals surface area contributed by atoms with Crippen LogP contribution in [-0.2, 0) is 0 Å². The van der Waals surface area contributed by atoms with E-state index in [0.29, 0.717) is 11.5 Å². The SMILES string of the molecule is CC(C)CC(N)c1cncn1-c1cc(Br)ccc1C#N. The monoisotopic (exact) mass is 332 g/mol. The van der Waals surface area contributed by atoms with Crippen LogP contribution in [0.2, 0.25) is 0 Å². The molecule has 0 bridgehead atoms. The second kappa shape index (κ2) is 6.21. The minimum atomic E-state index is -0.0944. The van der Waals surface area contributed by atoms with Crippen molar-refractivity contribution in [3.63, 3.8) is 0 Å². The van der Waals surface area contributed by atoms with Gasteiger partial charge in [-0.05, 0) is 30.5 Å². The van der Waals surface area contributed by atoms with Gasteiger partial charge in [-0.3, -0.25) is 0 Å². The molecule has 0 radical (unpaired) electrons. The molecule has 0 saturated heterocycles. The van der Waals surface area contributed by atoms with E-state index in [0.717, 1.165) is 22.3 Å². The van der Waals surface area contributed by atoms with Gasteiger partial charge in [0.25, 0.3) is 0 Å². The van der Waals surface area contributed by atoms with E-state index in [2.05, 4.69) is 40.8 Å². The Kier molecular flexibility index (Phi) is 4.58. The molecule has 0 aliphatic carbocycles. The molecule has 0 spiro atoms. The molecule has 2 N–H and O–H groups in total. The maximum atomic E-state index is 9.25. The summed E-state index contributed by atoms with van der Waals surface area (Å²) < 4.78 is 2.82. The zero-order chi connectivity index (χ0) is 14.7. The number of nitriles is 1. The lowest BCUT2D eigenvalue weighted by Crippen LogP contribution is -2.17. The predicted molar refractivity (Wildman–Crippen MR) is 82.4 cm³/mol. The van der Waals surface area contributed by atoms with E-state index in [1.54, 1.807) is 18.6 Å². The molecule has 1 aromatic heterocycles. The van der Waals surface area contributed by atoms with Gasteiger partial charge in [-0.25, -0.2) is 4.98 Å². The van der Waals surface area contributed by atoms with Gasteiger partial charge in [-0.1, -0.05) is 29.8 Å². The maximum absolute atomic E-state index is 9.25. The van der Waals surface area contributed by atoms with E-state index < -0.39 is 0 Å². The van der Waals surface area contributed by atoms with Crippen LogP contribution in [0.15, 0.2) is 35.2 Å². The summed E-state index contributed by atoms with van der Waals surface area (Å²) >= 11 is 3.44. The number of halogens is 1. The van der Waals surface area contributed by atoms with Crippen molar-refractivity contribution >= 4 is 15.9 Å². The van der Waals surface area contributed by atoms with Gasteiger partial charge in [-0.15, -0.1) is 0 Å². The van der Waals surface area contributed by atoms with Crippen molar-refractivity contribution in [2.24, 2.45) is 11.7 Å². The largest absolute Gasteiger partial charge is 0.323 e. The molecule has 1 aromatic carbocycles. The lowest BCUT2D eigenvalue weighted by molar-refractivity contribution is 0.498. The number of nitrogens with two attached hydrogens (primary N) is 1. The highest BCUT2D eigenvalue weighted by molar-refractivity contribution is 9.10. The number of hydrogen-bond donors (Lipinski definition) is 1. The van der Waals surface area contributed by atoms with Gasteiger partial charge in [-0.2, -0.15) is 5.26 Å². The van der Waals surface area contributed by atoms with Gasteiger partial charge in [0.05, 0.1) is 29.5 Å². The van der Waals surface area contributed by atoms with Gasteiger partial charge in [0, 0.05) is 10.5 Å². The van der Waals surface area contributed by atoms with Gasteiger partial charge < -0.3 is 10.3 Å². The molecule has 4 nitrogen and oxygen atoms in total. The van der Waals surface area contributed by atoms with Crippen LogP contribution in [0.5, 0.6) is 0 Å². The Balaban J connectivity index is 2.47. The van der Waals surface area contributed by atoms with Crippen molar-refractivity contribution in [1.29, 1.82) is 5.26 Å². The smallest absolute Gasteiger partial charge is 0.101 e. The highest BCUT2D eigenvalue weighted by atomic mass is 79.9. The van der Waals surface area contributed by atoms with Crippen LogP contribution in [0.3, 0.4) is 0 Å². The fourth-order valence-corrected chi connectivity index (χ4v) is 2.56. The zero-order valence-corrected chi connectivity index (χ0v) is 13.1. The van der Waals surface area contributed by atoms with Crippen molar-refractivity contribution in [2.45, 2.75) is 26.3 Å². The highest BCUT2D eigenvalue weighted by Gasteiger charge is 2.16. The van der Waals surface area contributed by atoms with Crippen molar-refractivity contribution in [3.05, 3.63) is 46.5 Å². The number of hydrogen-bond acceptors (Lipinski definition) is 3. The summed E-state index contributed by atoms with van der Waals surface area (Å²) in [5.74, 6) is 0.506. The number of aromatic nitrogens is 2. The third kappa shape index (κ3) is 3.09. The first-order valence-corrected chi connectivity index (χ1v) is 7.30. The topological polar surface area (TPSA) is 67.6 Å². The molecule has 2 rings (SSSR count). The Morgan fingerprint density at radius 1 is 1.45 bits per heavy atom. The van der Waals surface area contributed by atoms with Crippen LogP contribution in [-0.4, -0.2) is 9.55 Å². The Morgan fingerprint density at radius 3 is 2.85 bits per heavy atom. The Bertz CT molecular complexity index is 640. The molecule has 0 saturated carbocycles. The van der Waals surface area contributed by atoms with Crippen LogP contribution in [0, 0.1) is 17.2 Å². The van der Waals surface area contributed by atoms with Crippen LogP contribution >= 0.6 is 15.9 Å². The maximum Gasteiger partial charge on any atom is 0.101 e. The molecule has 1 unspecified atom stereocenters. The fraction of sp³-hybridized carbons (Fsp3) is 0.333. The molecule has 0 fully saturated rings. The molecular formula is C15H17BrN4. The van der Waals surface area contributed by atoms with E-state index in [4.69, 9.17) is 5.73 Å². The summed E-state index contributed by atoms with van der Waals surface area (Å²) in [6, 6.07) is 7.66. The average molecular weight is 333 g/mol. The average Bonchev–Trinajstić information content (AvgIpc) is 2.87. The van der Waals surface area contributed by atoms with E-state index in [9.17, 15) is 5.26 Å². The lowest BCUT2D eigenvalue weighted by atomic mass is 10.0. The standard InChI is InChI=1S/C15H17BrN4/c1-10(2)5-13(18)15-8-19-9-20(15)14-6-12(16)4-3-11(14)7-17/h3-4,6,8-10,13H,5,18H2,1-2H3. The van der Waals surface area contributed by atoms with Crippen molar-refractivity contribution in [3.8, 4) is 11.8 Å². The van der Waals surface area contributed by atoms with Gasteiger partial charge >= 0.3 is 0 Å². The molecule has 1 heterocycles. The van der Waals surface area contributed by atoms with Crippen LogP contribution in [0.25, 0.3) is 5.69 Å². The highest BCUT2D eigenvalue weighted by Crippen LogP contribution is 2.25. The number of imidazole rings is 1. The second-order valence-electron chi connectivity index (χ2n) is 5.20. The summed E-state index contributed by atoms with van der Waals surface area (Å²) in [5, 5.41) is 9.25. The summed E-state index contributed by atoms with van der Waals surface area (Å²) in [6.07, 6.45) is 4.36. The van der Waals surface area contributed by atoms with Gasteiger partial charge in [0.2, 0.25) is 0 Å². The first-order chi connectivity index (χ1) is 9.52. The zero-order valence-electron chi connectivity index (χ0n) is 11.5. The molecule has 2 aromatic rings. The first-order valence-electron chi connectivity index (χ1n) is 6.50. The second-order valence-corrected chi connectivity index (χ2v) is 6.11. The number of rotatable bonds is 4. The predicted octanol–water partition coefficient (Wildman–Crippen LogP) is 3.55. The molecule has 0 aliphatic heterocycles. The Morgan fingerprint density at radius 2 is 2.20 bits per heavy atom. The summed E-state index contributed by atoms with van der Waals surface area (Å²) in [4.78, 5) is 4.19. The molecule has 1 atom stereocenters. The minimum absolute atomic E-state index is 0.0944. The lowest BCUT2D eigenvalue weighted by Gasteiger charge is -2.17. The van der Waals surface area contributed by atoms with Crippen LogP contribution in [0.4, 0.5) is 0 Å². The van der Waals surface area contributed by atoms with Crippen LogP contribution in [0.1, 0.15) is 37.6 Å². The molecule has 104 valence electrons. The summed E-state index contributed by atoms with van der Waals surface area (Å²) in [5.41, 5.74) is 8.58. The van der Waals surface area contributed by atoms with Crippen molar-refractivity contribution < 1.29 is 0 Å². The molecule has 20 heavy (non-hydrogen) atoms. The van der Waals surface area contributed by atoms with E-state index in [1.807, 2.05) is 16.7 Å². The van der Waals surface area contributed by atoms with Crippen LogP contribution < -0.4 is 5.73 Å². The Hall–Kier alpha value is -1.64. The third-order valence-corrected chi connectivity index (χ3v) is 3.61. The number of benzene rings is 1. The number of nitrogens with zero attached hydrogens (tertiary/aromatic N) is 3. The molecule has 0 aliphatic rings. The minimum Gasteiger partial charge on any atom is -0.323 e. The Labute approximate surface area is 127 Å². The molecule has 0 amide bonds. The summed E-state index contributed by atoms with van der Waals surface area (Å²) in [7, 11) is 0. The van der Waals surface area contributed by atoms with Crippen molar-refractivity contribution in [1.82, 2.24) is 9.55 Å². The summed E-state index contributed by atoms with van der Waals surface area (Å²) in [6.45, 7) is 4.28. The molecular weight excluding hydrogens is 316 g/mol. The van der Waals surface area contributed by atoms with Gasteiger partial charge in [0.1, 0.15) is 6.07 Å². The van der Waals surface area contributed by atoms with Crippen molar-refractivity contribution in [2.75, 3.05) is 0 Å². The third-order valence-electron chi connectivity index (χ3n) is 3.11. The first kappa shape index (κ1) is 14.8. The van der Waals surface area contributed by atoms with Gasteiger partial charge in [0.15, 0.2) is 0 Å². The van der Waals surface area contributed by atoms with E-state index >= 15 is 0 Å². The quantitative estimate of drug-likeness (QED) is 0.930. The van der Waals surface area contributed by atoms with E-state index in [1.165, 1.54) is 0 Å². The molecule has 5 heteroatoms. The van der Waals surface area contributed by atoms with E-state index in [-0.39, 0.29) is 6.04 Å². The fourth-order valence-electron chi connectivity index (χ4n) is 2.21. The normalized spacial score (nSPS) is 12.4.